The van der Waals surface area contributed by atoms with E-state index in [0.29, 0.717) is 16.7 Å². The Bertz CT molecular complexity index is 903. The number of carbonyl (C=O) groups excluding carboxylic acids is 2. The third-order valence-electron chi connectivity index (χ3n) is 3.52. The molecule has 9 heteroatoms. The van der Waals surface area contributed by atoms with Gasteiger partial charge in [-0.25, -0.2) is 0 Å². The molecule has 0 spiro atoms. The number of carbonyl (C=O) groups is 2. The van der Waals surface area contributed by atoms with E-state index in [-0.39, 0.29) is 11.7 Å². The lowest BCUT2D eigenvalue weighted by molar-refractivity contribution is -0.117. The molecule has 0 aliphatic heterocycles. The second-order valence-corrected chi connectivity index (χ2v) is 6.22. The molecule has 0 unspecified atom stereocenters. The second-order valence-electron chi connectivity index (χ2n) is 5.28. The van der Waals surface area contributed by atoms with Crippen LogP contribution >= 0.6 is 11.8 Å². The van der Waals surface area contributed by atoms with Crippen LogP contribution in [-0.4, -0.2) is 41.9 Å². The molecule has 1 N–H and O–H groups in total. The monoisotopic (exact) mass is 356 g/mol. The fraction of sp³-hybridized carbons (Fsp3) is 0.188. The van der Waals surface area contributed by atoms with Gasteiger partial charge in [-0.1, -0.05) is 11.8 Å². The van der Waals surface area contributed by atoms with Gasteiger partial charge in [0, 0.05) is 38.2 Å². The van der Waals surface area contributed by atoms with Crippen LogP contribution in [0.1, 0.15) is 10.5 Å². The van der Waals surface area contributed by atoms with E-state index in [1.54, 1.807) is 46.9 Å². The summed E-state index contributed by atoms with van der Waals surface area (Å²) in [6.45, 7) is 0. The third kappa shape index (κ3) is 3.77. The van der Waals surface area contributed by atoms with Gasteiger partial charge < -0.3 is 9.13 Å². The lowest BCUT2D eigenvalue weighted by atomic mass is 10.3. The molecule has 3 aromatic heterocycles. The summed E-state index contributed by atoms with van der Waals surface area (Å²) in [5, 5.41) is 11.2. The highest BCUT2D eigenvalue weighted by atomic mass is 32.2. The van der Waals surface area contributed by atoms with E-state index < -0.39 is 5.91 Å². The summed E-state index contributed by atoms with van der Waals surface area (Å²) in [5.74, 6) is -0.0834. The Balaban J connectivity index is 1.61. The maximum Gasteiger partial charge on any atom is 0.274 e. The molecule has 0 aromatic carbocycles. The van der Waals surface area contributed by atoms with Gasteiger partial charge in [-0.05, 0) is 24.3 Å². The van der Waals surface area contributed by atoms with Gasteiger partial charge in [-0.3, -0.25) is 19.9 Å². The Hall–Kier alpha value is -2.94. The van der Waals surface area contributed by atoms with Crippen molar-refractivity contribution in [3.63, 3.8) is 0 Å². The van der Waals surface area contributed by atoms with Gasteiger partial charge in [0.05, 0.1) is 5.75 Å². The zero-order chi connectivity index (χ0) is 17.8. The fourth-order valence-corrected chi connectivity index (χ4v) is 2.95. The summed E-state index contributed by atoms with van der Waals surface area (Å²) >= 11 is 1.21. The summed E-state index contributed by atoms with van der Waals surface area (Å²) in [6, 6.07) is 7.10. The number of hydrogen-bond acceptors (Lipinski definition) is 6. The van der Waals surface area contributed by atoms with Gasteiger partial charge in [0.1, 0.15) is 5.69 Å². The van der Waals surface area contributed by atoms with E-state index in [4.69, 9.17) is 0 Å². The van der Waals surface area contributed by atoms with Crippen LogP contribution in [0.15, 0.2) is 48.0 Å². The number of aryl methyl sites for hydroxylation is 1. The summed E-state index contributed by atoms with van der Waals surface area (Å²) in [7, 11) is 3.56. The van der Waals surface area contributed by atoms with E-state index in [1.807, 2.05) is 19.2 Å². The van der Waals surface area contributed by atoms with Crippen LogP contribution in [0.4, 0.5) is 0 Å². The molecule has 2 amide bonds. The largest absolute Gasteiger partial charge is 0.347 e. The van der Waals surface area contributed by atoms with Crippen LogP contribution in [0.3, 0.4) is 0 Å². The Morgan fingerprint density at radius 1 is 1.20 bits per heavy atom. The van der Waals surface area contributed by atoms with Gasteiger partial charge in [-0.15, -0.1) is 10.2 Å². The van der Waals surface area contributed by atoms with E-state index in [0.717, 1.165) is 5.56 Å². The van der Waals surface area contributed by atoms with Crippen molar-refractivity contribution < 1.29 is 9.59 Å². The molecule has 0 radical (unpaired) electrons. The van der Waals surface area contributed by atoms with Crippen molar-refractivity contribution in [1.82, 2.24) is 29.6 Å². The van der Waals surface area contributed by atoms with E-state index in [1.165, 1.54) is 11.8 Å². The summed E-state index contributed by atoms with van der Waals surface area (Å²) in [5.41, 5.74) is 1.27. The molecule has 0 atom stereocenters. The predicted molar refractivity (Wildman–Crippen MR) is 92.8 cm³/mol. The normalized spacial score (nSPS) is 10.6. The quantitative estimate of drug-likeness (QED) is 0.692. The maximum absolute atomic E-state index is 12.0. The highest BCUT2D eigenvalue weighted by Crippen LogP contribution is 2.21. The molecular weight excluding hydrogens is 340 g/mol. The molecule has 0 bridgehead atoms. The van der Waals surface area contributed by atoms with Crippen molar-refractivity contribution in [1.29, 1.82) is 0 Å². The van der Waals surface area contributed by atoms with Crippen LogP contribution in [0.5, 0.6) is 0 Å². The van der Waals surface area contributed by atoms with Crippen molar-refractivity contribution in [3.8, 4) is 11.4 Å². The van der Waals surface area contributed by atoms with E-state index >= 15 is 0 Å². The number of nitrogens with zero attached hydrogens (tertiary/aromatic N) is 5. The molecule has 3 aromatic rings. The van der Waals surface area contributed by atoms with Crippen molar-refractivity contribution in [2.24, 2.45) is 14.1 Å². The molecule has 0 saturated heterocycles. The van der Waals surface area contributed by atoms with E-state index in [9.17, 15) is 9.59 Å². The zero-order valence-electron chi connectivity index (χ0n) is 13.7. The Morgan fingerprint density at radius 3 is 2.72 bits per heavy atom. The summed E-state index contributed by atoms with van der Waals surface area (Å²) in [4.78, 5) is 28.1. The number of pyridine rings is 1. The van der Waals surface area contributed by atoms with Crippen LogP contribution in [-0.2, 0) is 18.9 Å². The van der Waals surface area contributed by atoms with Crippen LogP contribution < -0.4 is 5.32 Å². The molecule has 25 heavy (non-hydrogen) atoms. The molecule has 3 rings (SSSR count). The Kier molecular flexibility index (Phi) is 4.94. The number of hydrogen-bond donors (Lipinski definition) is 1. The number of aromatic nitrogens is 5. The Labute approximate surface area is 148 Å². The van der Waals surface area contributed by atoms with Gasteiger partial charge in [0.2, 0.25) is 5.91 Å². The topological polar surface area (TPSA) is 94.7 Å². The lowest BCUT2D eigenvalue weighted by Crippen LogP contribution is -2.33. The molecule has 0 fully saturated rings. The van der Waals surface area contributed by atoms with Crippen LogP contribution in [0.25, 0.3) is 11.4 Å². The Morgan fingerprint density at radius 2 is 2.04 bits per heavy atom. The van der Waals surface area contributed by atoms with Crippen LogP contribution in [0.2, 0.25) is 0 Å². The minimum Gasteiger partial charge on any atom is -0.347 e. The minimum absolute atomic E-state index is 0.0647. The first-order chi connectivity index (χ1) is 12.1. The molecular formula is C16H16N6O2S. The molecule has 0 saturated carbocycles. The second kappa shape index (κ2) is 7.31. The lowest BCUT2D eigenvalue weighted by Gasteiger charge is -2.05. The molecule has 128 valence electrons. The SMILES string of the molecule is Cn1cccc1C(=O)NC(=O)CSc1nnc(-c2cccnc2)n1C. The van der Waals surface area contributed by atoms with Crippen molar-refractivity contribution in [2.45, 2.75) is 5.16 Å². The van der Waals surface area contributed by atoms with Crippen molar-refractivity contribution in [3.05, 3.63) is 48.5 Å². The predicted octanol–water partition coefficient (Wildman–Crippen LogP) is 1.26. The van der Waals surface area contributed by atoms with Gasteiger partial charge in [0.15, 0.2) is 11.0 Å². The number of rotatable bonds is 5. The minimum atomic E-state index is -0.424. The molecule has 0 aliphatic rings. The zero-order valence-corrected chi connectivity index (χ0v) is 14.5. The number of nitrogens with one attached hydrogen (secondary N) is 1. The number of imide groups is 1. The highest BCUT2D eigenvalue weighted by Gasteiger charge is 2.16. The first-order valence-corrected chi connectivity index (χ1v) is 8.43. The molecule has 0 aliphatic carbocycles. The van der Waals surface area contributed by atoms with Crippen molar-refractivity contribution >= 4 is 23.6 Å². The first kappa shape index (κ1) is 16.9. The van der Waals surface area contributed by atoms with Gasteiger partial charge >= 0.3 is 0 Å². The molecule has 3 heterocycles. The van der Waals surface area contributed by atoms with Crippen LogP contribution in [0, 0.1) is 0 Å². The van der Waals surface area contributed by atoms with Gasteiger partial charge in [0.25, 0.3) is 5.91 Å². The average Bonchev–Trinajstić information content (AvgIpc) is 3.19. The first-order valence-electron chi connectivity index (χ1n) is 7.44. The van der Waals surface area contributed by atoms with Crippen molar-refractivity contribution in [2.75, 3.05) is 5.75 Å². The number of amides is 2. The van der Waals surface area contributed by atoms with E-state index in [2.05, 4.69) is 20.5 Å². The third-order valence-corrected chi connectivity index (χ3v) is 4.54. The van der Waals surface area contributed by atoms with Gasteiger partial charge in [-0.2, -0.15) is 0 Å². The summed E-state index contributed by atoms with van der Waals surface area (Å²) in [6.07, 6.45) is 5.13. The molecule has 8 nitrogen and oxygen atoms in total. The summed E-state index contributed by atoms with van der Waals surface area (Å²) < 4.78 is 3.44. The number of thioether (sulfide) groups is 1. The maximum atomic E-state index is 12.0. The smallest absolute Gasteiger partial charge is 0.274 e. The highest BCUT2D eigenvalue weighted by molar-refractivity contribution is 7.99. The fourth-order valence-electron chi connectivity index (χ4n) is 2.24. The standard InChI is InChI=1S/C16H16N6O2S/c1-21-8-4-6-12(21)15(24)18-13(23)10-25-16-20-19-14(22(16)2)11-5-3-7-17-9-11/h3-9H,10H2,1-2H3,(H,18,23,24). The average molecular weight is 356 g/mol.